The first-order valence-electron chi connectivity index (χ1n) is 5.87. The summed E-state index contributed by atoms with van der Waals surface area (Å²) < 4.78 is 12.2. The number of halogens is 1. The summed E-state index contributed by atoms with van der Waals surface area (Å²) in [6, 6.07) is 1.99. The number of benzene rings is 1. The zero-order chi connectivity index (χ0) is 12.4. The van der Waals surface area contributed by atoms with Crippen molar-refractivity contribution < 1.29 is 14.6 Å². The molecule has 0 radical (unpaired) electrons. The van der Waals surface area contributed by atoms with Gasteiger partial charge in [-0.25, -0.2) is 0 Å². The van der Waals surface area contributed by atoms with Crippen LogP contribution in [0, 0.1) is 0 Å². The van der Waals surface area contributed by atoms with Crippen LogP contribution in [0.15, 0.2) is 10.5 Å². The Balaban J connectivity index is 2.55. The molecule has 1 aromatic rings. The number of rotatable bonds is 3. The maximum Gasteiger partial charge on any atom is 0.175 e. The molecule has 0 spiro atoms. The zero-order valence-electron chi connectivity index (χ0n) is 10.1. The van der Waals surface area contributed by atoms with Gasteiger partial charge in [0, 0.05) is 6.61 Å². The van der Waals surface area contributed by atoms with Crippen LogP contribution in [0.4, 0.5) is 0 Å². The van der Waals surface area contributed by atoms with Crippen molar-refractivity contribution in [2.24, 2.45) is 0 Å². The second kappa shape index (κ2) is 5.27. The fraction of sp³-hybridized carbons (Fsp3) is 0.538. The van der Waals surface area contributed by atoms with Crippen molar-refractivity contribution in [1.29, 1.82) is 0 Å². The van der Waals surface area contributed by atoms with Gasteiger partial charge in [0.2, 0.25) is 0 Å². The molecule has 94 valence electrons. The number of ether oxygens (including phenoxy) is 2. The van der Waals surface area contributed by atoms with Gasteiger partial charge in [-0.15, -0.1) is 0 Å². The molecule has 1 N–H and O–H groups in total. The minimum absolute atomic E-state index is 0.145. The number of fused-ring (bicyclic) bond motifs is 1. The SMILES string of the molecule is CC(C)c1c(CCO)cc2c(c1Br)OCCO2. The molecule has 0 unspecified atom stereocenters. The van der Waals surface area contributed by atoms with E-state index in [2.05, 4.69) is 29.8 Å². The van der Waals surface area contributed by atoms with E-state index in [0.29, 0.717) is 25.6 Å². The van der Waals surface area contributed by atoms with Gasteiger partial charge in [0.05, 0.1) is 4.47 Å². The molecule has 0 saturated heterocycles. The van der Waals surface area contributed by atoms with E-state index >= 15 is 0 Å². The normalized spacial score (nSPS) is 14.2. The molecule has 1 aliphatic rings. The molecule has 0 aromatic heterocycles. The lowest BCUT2D eigenvalue weighted by molar-refractivity contribution is 0.170. The molecule has 4 heteroatoms. The molecule has 1 aromatic carbocycles. The van der Waals surface area contributed by atoms with Crippen LogP contribution in [0.1, 0.15) is 30.9 Å². The Morgan fingerprint density at radius 2 is 2.06 bits per heavy atom. The Kier molecular flexibility index (Phi) is 3.94. The summed E-state index contributed by atoms with van der Waals surface area (Å²) >= 11 is 3.60. The molecule has 0 bridgehead atoms. The summed E-state index contributed by atoms with van der Waals surface area (Å²) in [6.45, 7) is 5.58. The van der Waals surface area contributed by atoms with Gasteiger partial charge in [0.1, 0.15) is 13.2 Å². The van der Waals surface area contributed by atoms with Crippen LogP contribution >= 0.6 is 15.9 Å². The fourth-order valence-corrected chi connectivity index (χ4v) is 3.18. The molecule has 0 atom stereocenters. The van der Waals surface area contributed by atoms with E-state index in [1.807, 2.05) is 6.07 Å². The lowest BCUT2D eigenvalue weighted by Gasteiger charge is -2.24. The van der Waals surface area contributed by atoms with Crippen LogP contribution in [0.25, 0.3) is 0 Å². The van der Waals surface area contributed by atoms with Crippen LogP contribution in [0.5, 0.6) is 11.5 Å². The van der Waals surface area contributed by atoms with Gasteiger partial charge in [0.25, 0.3) is 0 Å². The first kappa shape index (κ1) is 12.7. The van der Waals surface area contributed by atoms with Gasteiger partial charge in [0.15, 0.2) is 11.5 Å². The average Bonchev–Trinajstić information content (AvgIpc) is 2.29. The Morgan fingerprint density at radius 3 is 2.71 bits per heavy atom. The number of hydrogen-bond donors (Lipinski definition) is 1. The molecule has 1 aliphatic heterocycles. The highest BCUT2D eigenvalue weighted by atomic mass is 79.9. The van der Waals surface area contributed by atoms with Crippen LogP contribution in [0.3, 0.4) is 0 Å². The van der Waals surface area contributed by atoms with E-state index in [9.17, 15) is 0 Å². The summed E-state index contributed by atoms with van der Waals surface area (Å²) in [5.74, 6) is 1.94. The van der Waals surface area contributed by atoms with Gasteiger partial charge >= 0.3 is 0 Å². The van der Waals surface area contributed by atoms with E-state index < -0.39 is 0 Å². The minimum atomic E-state index is 0.145. The highest BCUT2D eigenvalue weighted by Gasteiger charge is 2.22. The van der Waals surface area contributed by atoms with E-state index in [-0.39, 0.29) is 6.61 Å². The standard InChI is InChI=1S/C13H17BrO3/c1-8(2)11-9(3-4-15)7-10-13(12(11)14)17-6-5-16-10/h7-8,15H,3-6H2,1-2H3. The summed E-state index contributed by atoms with van der Waals surface area (Å²) in [7, 11) is 0. The predicted octanol–water partition coefficient (Wildman–Crippen LogP) is 2.88. The quantitative estimate of drug-likeness (QED) is 0.933. The van der Waals surface area contributed by atoms with Crippen LogP contribution in [-0.4, -0.2) is 24.9 Å². The van der Waals surface area contributed by atoms with E-state index in [1.54, 1.807) is 0 Å². The fourth-order valence-electron chi connectivity index (χ4n) is 2.16. The number of hydrogen-bond acceptors (Lipinski definition) is 3. The van der Waals surface area contributed by atoms with Crippen LogP contribution in [0.2, 0.25) is 0 Å². The van der Waals surface area contributed by atoms with Crippen LogP contribution < -0.4 is 9.47 Å². The molecular weight excluding hydrogens is 284 g/mol. The van der Waals surface area contributed by atoms with Crippen molar-refractivity contribution in [3.05, 3.63) is 21.7 Å². The summed E-state index contributed by atoms with van der Waals surface area (Å²) in [5.41, 5.74) is 2.32. The lowest BCUT2D eigenvalue weighted by atomic mass is 9.94. The Labute approximate surface area is 110 Å². The zero-order valence-corrected chi connectivity index (χ0v) is 11.7. The minimum Gasteiger partial charge on any atom is -0.486 e. The van der Waals surface area contributed by atoms with Gasteiger partial charge in [-0.05, 0) is 45.5 Å². The lowest BCUT2D eigenvalue weighted by Crippen LogP contribution is -2.17. The van der Waals surface area contributed by atoms with E-state index in [4.69, 9.17) is 14.6 Å². The highest BCUT2D eigenvalue weighted by molar-refractivity contribution is 9.10. The summed E-state index contributed by atoms with van der Waals surface area (Å²) in [5, 5.41) is 9.13. The maximum atomic E-state index is 9.13. The molecule has 0 aliphatic carbocycles. The van der Waals surface area contributed by atoms with Crippen molar-refractivity contribution in [3.63, 3.8) is 0 Å². The molecular formula is C13H17BrO3. The van der Waals surface area contributed by atoms with Crippen molar-refractivity contribution >= 4 is 15.9 Å². The van der Waals surface area contributed by atoms with Crippen molar-refractivity contribution in [2.75, 3.05) is 19.8 Å². The van der Waals surface area contributed by atoms with Gasteiger partial charge in [-0.1, -0.05) is 13.8 Å². The van der Waals surface area contributed by atoms with Gasteiger partial charge < -0.3 is 14.6 Å². The van der Waals surface area contributed by atoms with Gasteiger partial charge in [-0.2, -0.15) is 0 Å². The molecule has 17 heavy (non-hydrogen) atoms. The third kappa shape index (κ3) is 2.43. The average molecular weight is 301 g/mol. The Hall–Kier alpha value is -0.740. The third-order valence-corrected chi connectivity index (χ3v) is 3.64. The Morgan fingerprint density at radius 1 is 1.35 bits per heavy atom. The van der Waals surface area contributed by atoms with Crippen LogP contribution in [-0.2, 0) is 6.42 Å². The van der Waals surface area contributed by atoms with Crippen molar-refractivity contribution in [1.82, 2.24) is 0 Å². The number of aliphatic hydroxyl groups excluding tert-OH is 1. The third-order valence-electron chi connectivity index (χ3n) is 2.86. The molecule has 0 saturated carbocycles. The first-order chi connectivity index (χ1) is 8.15. The van der Waals surface area contributed by atoms with E-state index in [0.717, 1.165) is 21.5 Å². The monoisotopic (exact) mass is 300 g/mol. The highest BCUT2D eigenvalue weighted by Crippen LogP contribution is 2.44. The second-order valence-corrected chi connectivity index (χ2v) is 5.21. The molecule has 0 fully saturated rings. The predicted molar refractivity (Wildman–Crippen MR) is 70.0 cm³/mol. The molecule has 3 nitrogen and oxygen atoms in total. The largest absolute Gasteiger partial charge is 0.486 e. The second-order valence-electron chi connectivity index (χ2n) is 4.42. The smallest absolute Gasteiger partial charge is 0.175 e. The number of aliphatic hydroxyl groups is 1. The van der Waals surface area contributed by atoms with Crippen molar-refractivity contribution in [3.8, 4) is 11.5 Å². The maximum absolute atomic E-state index is 9.13. The van der Waals surface area contributed by atoms with E-state index in [1.165, 1.54) is 5.56 Å². The Bertz CT molecular complexity index is 416. The summed E-state index contributed by atoms with van der Waals surface area (Å²) in [4.78, 5) is 0. The first-order valence-corrected chi connectivity index (χ1v) is 6.66. The topological polar surface area (TPSA) is 38.7 Å². The molecule has 1 heterocycles. The summed E-state index contributed by atoms with van der Waals surface area (Å²) in [6.07, 6.45) is 0.642. The van der Waals surface area contributed by atoms with Gasteiger partial charge in [-0.3, -0.25) is 0 Å². The molecule has 2 rings (SSSR count). The van der Waals surface area contributed by atoms with Crippen molar-refractivity contribution in [2.45, 2.75) is 26.2 Å². The molecule has 0 amide bonds.